The summed E-state index contributed by atoms with van der Waals surface area (Å²) < 4.78 is 0. The number of hydrogen-bond acceptors (Lipinski definition) is 5. The number of benzene rings is 1. The molecule has 6 nitrogen and oxygen atoms in total. The van der Waals surface area contributed by atoms with Gasteiger partial charge < -0.3 is 14.9 Å². The second kappa shape index (κ2) is 7.00. The summed E-state index contributed by atoms with van der Waals surface area (Å²) in [5.41, 5.74) is 0.463. The summed E-state index contributed by atoms with van der Waals surface area (Å²) in [4.78, 5) is 33.3. The molecule has 1 aromatic carbocycles. The molecule has 2 heterocycles. The Balaban J connectivity index is 1.61. The standard InChI is InChI=1S/C17H19N3O3S/c1-2-15-18-11-14(24-15)17(23)20-8-6-19(7-9-20)16(22)12-4-3-5-13(21)10-12/h3-5,10-11,21H,2,6-9H2,1H3. The molecule has 7 heteroatoms. The number of carbonyl (C=O) groups is 2. The van der Waals surface area contributed by atoms with Crippen molar-refractivity contribution in [2.24, 2.45) is 0 Å². The highest BCUT2D eigenvalue weighted by Crippen LogP contribution is 2.18. The van der Waals surface area contributed by atoms with Gasteiger partial charge in [-0.25, -0.2) is 4.98 Å². The lowest BCUT2D eigenvalue weighted by Crippen LogP contribution is -2.50. The number of aryl methyl sites for hydroxylation is 1. The zero-order valence-corrected chi connectivity index (χ0v) is 14.3. The summed E-state index contributed by atoms with van der Waals surface area (Å²) in [7, 11) is 0. The Morgan fingerprint density at radius 3 is 2.42 bits per heavy atom. The van der Waals surface area contributed by atoms with Crippen molar-refractivity contribution < 1.29 is 14.7 Å². The van der Waals surface area contributed by atoms with E-state index in [4.69, 9.17) is 0 Å². The van der Waals surface area contributed by atoms with Crippen molar-refractivity contribution in [1.82, 2.24) is 14.8 Å². The fourth-order valence-electron chi connectivity index (χ4n) is 2.66. The molecule has 1 aliphatic rings. The summed E-state index contributed by atoms with van der Waals surface area (Å²) in [6, 6.07) is 6.33. The van der Waals surface area contributed by atoms with Gasteiger partial charge in [-0.05, 0) is 24.6 Å². The van der Waals surface area contributed by atoms with Gasteiger partial charge in [-0.2, -0.15) is 0 Å². The summed E-state index contributed by atoms with van der Waals surface area (Å²) >= 11 is 1.43. The molecule has 1 fully saturated rings. The molecular formula is C17H19N3O3S. The molecule has 0 unspecified atom stereocenters. The van der Waals surface area contributed by atoms with E-state index >= 15 is 0 Å². The van der Waals surface area contributed by atoms with Crippen molar-refractivity contribution in [3.05, 3.63) is 45.9 Å². The molecular weight excluding hydrogens is 326 g/mol. The number of carbonyl (C=O) groups excluding carboxylic acids is 2. The molecule has 1 aromatic heterocycles. The van der Waals surface area contributed by atoms with Gasteiger partial charge >= 0.3 is 0 Å². The summed E-state index contributed by atoms with van der Waals surface area (Å²) in [5, 5.41) is 10.4. The molecule has 3 rings (SSSR count). The van der Waals surface area contributed by atoms with Crippen LogP contribution in [0.3, 0.4) is 0 Å². The van der Waals surface area contributed by atoms with Crippen LogP contribution in [0.4, 0.5) is 0 Å². The summed E-state index contributed by atoms with van der Waals surface area (Å²) in [6.07, 6.45) is 2.46. The summed E-state index contributed by atoms with van der Waals surface area (Å²) in [5.74, 6) is -0.0627. The third-order valence-electron chi connectivity index (χ3n) is 4.01. The SMILES string of the molecule is CCc1ncc(C(=O)N2CCN(C(=O)c3cccc(O)c3)CC2)s1. The number of phenolic OH excluding ortho intramolecular Hbond substituents is 1. The highest BCUT2D eigenvalue weighted by atomic mass is 32.1. The number of aromatic hydroxyl groups is 1. The van der Waals surface area contributed by atoms with E-state index in [1.807, 2.05) is 6.92 Å². The van der Waals surface area contributed by atoms with Gasteiger partial charge in [-0.3, -0.25) is 9.59 Å². The number of phenols is 1. The monoisotopic (exact) mass is 345 g/mol. The first-order valence-corrected chi connectivity index (χ1v) is 8.72. The van der Waals surface area contributed by atoms with Crippen LogP contribution in [0.1, 0.15) is 32.0 Å². The number of thiazole rings is 1. The molecule has 1 N–H and O–H groups in total. The third-order valence-corrected chi connectivity index (χ3v) is 5.14. The first-order valence-electron chi connectivity index (χ1n) is 7.90. The number of aromatic nitrogens is 1. The van der Waals surface area contributed by atoms with Crippen molar-refractivity contribution in [2.75, 3.05) is 26.2 Å². The van der Waals surface area contributed by atoms with Crippen molar-refractivity contribution in [2.45, 2.75) is 13.3 Å². The largest absolute Gasteiger partial charge is 0.508 e. The lowest BCUT2D eigenvalue weighted by atomic mass is 10.1. The average molecular weight is 345 g/mol. The van der Waals surface area contributed by atoms with Crippen LogP contribution in [-0.4, -0.2) is 57.9 Å². The third kappa shape index (κ3) is 3.41. The van der Waals surface area contributed by atoms with E-state index in [1.165, 1.54) is 23.5 Å². The Labute approximate surface area is 144 Å². The van der Waals surface area contributed by atoms with Crippen LogP contribution in [0.5, 0.6) is 5.75 Å². The Kier molecular flexibility index (Phi) is 4.80. The number of amides is 2. The van der Waals surface area contributed by atoms with Crippen molar-refractivity contribution >= 4 is 23.2 Å². The number of hydrogen-bond donors (Lipinski definition) is 1. The second-order valence-electron chi connectivity index (χ2n) is 5.61. The lowest BCUT2D eigenvalue weighted by Gasteiger charge is -2.34. The predicted molar refractivity (Wildman–Crippen MR) is 91.4 cm³/mol. The molecule has 126 valence electrons. The fraction of sp³-hybridized carbons (Fsp3) is 0.353. The maximum atomic E-state index is 12.5. The van der Waals surface area contributed by atoms with Crippen LogP contribution in [0.15, 0.2) is 30.5 Å². The van der Waals surface area contributed by atoms with E-state index < -0.39 is 0 Å². The molecule has 1 aliphatic heterocycles. The zero-order chi connectivity index (χ0) is 17.1. The summed E-state index contributed by atoms with van der Waals surface area (Å²) in [6.45, 7) is 3.99. The van der Waals surface area contributed by atoms with E-state index in [1.54, 1.807) is 28.1 Å². The van der Waals surface area contributed by atoms with Gasteiger partial charge in [0.15, 0.2) is 0 Å². The molecule has 0 aliphatic carbocycles. The molecule has 0 radical (unpaired) electrons. The van der Waals surface area contributed by atoms with Gasteiger partial charge in [-0.15, -0.1) is 11.3 Å². The minimum Gasteiger partial charge on any atom is -0.508 e. The van der Waals surface area contributed by atoms with Crippen LogP contribution < -0.4 is 0 Å². The second-order valence-corrected chi connectivity index (χ2v) is 6.72. The van der Waals surface area contributed by atoms with E-state index in [2.05, 4.69) is 4.98 Å². The first kappa shape index (κ1) is 16.4. The first-order chi connectivity index (χ1) is 11.6. The number of nitrogens with zero attached hydrogens (tertiary/aromatic N) is 3. The highest BCUT2D eigenvalue weighted by Gasteiger charge is 2.26. The number of piperazine rings is 1. The maximum Gasteiger partial charge on any atom is 0.265 e. The molecule has 24 heavy (non-hydrogen) atoms. The van der Waals surface area contributed by atoms with E-state index in [9.17, 15) is 14.7 Å². The molecule has 1 saturated heterocycles. The van der Waals surface area contributed by atoms with Gasteiger partial charge in [0, 0.05) is 31.7 Å². The van der Waals surface area contributed by atoms with Gasteiger partial charge in [0.25, 0.3) is 11.8 Å². The maximum absolute atomic E-state index is 12.5. The van der Waals surface area contributed by atoms with Crippen LogP contribution in [-0.2, 0) is 6.42 Å². The zero-order valence-electron chi connectivity index (χ0n) is 13.4. The van der Waals surface area contributed by atoms with Gasteiger partial charge in [0.05, 0.1) is 11.2 Å². The quantitative estimate of drug-likeness (QED) is 0.923. The van der Waals surface area contributed by atoms with Crippen LogP contribution in [0, 0.1) is 0 Å². The van der Waals surface area contributed by atoms with Crippen molar-refractivity contribution in [3.63, 3.8) is 0 Å². The van der Waals surface area contributed by atoms with Crippen LogP contribution >= 0.6 is 11.3 Å². The minimum absolute atomic E-state index is 0.0170. The Bertz CT molecular complexity index is 751. The molecule has 0 saturated carbocycles. The lowest BCUT2D eigenvalue weighted by molar-refractivity contribution is 0.0538. The van der Waals surface area contributed by atoms with E-state index in [-0.39, 0.29) is 17.6 Å². The topological polar surface area (TPSA) is 73.7 Å². The Hall–Kier alpha value is -2.41. The highest BCUT2D eigenvalue weighted by molar-refractivity contribution is 7.13. The molecule has 2 amide bonds. The van der Waals surface area contributed by atoms with E-state index in [0.717, 1.165) is 11.4 Å². The fourth-order valence-corrected chi connectivity index (χ4v) is 3.49. The van der Waals surface area contributed by atoms with Gasteiger partial charge in [0.1, 0.15) is 10.6 Å². The molecule has 0 spiro atoms. The Morgan fingerprint density at radius 1 is 1.17 bits per heavy atom. The van der Waals surface area contributed by atoms with E-state index in [0.29, 0.717) is 36.6 Å². The molecule has 0 bridgehead atoms. The van der Waals surface area contributed by atoms with Gasteiger partial charge in [0.2, 0.25) is 0 Å². The molecule has 0 atom stereocenters. The Morgan fingerprint density at radius 2 is 1.83 bits per heavy atom. The molecule has 2 aromatic rings. The predicted octanol–water partition coefficient (Wildman–Crippen LogP) is 2.01. The average Bonchev–Trinajstić information content (AvgIpc) is 3.10. The minimum atomic E-state index is -0.121. The van der Waals surface area contributed by atoms with Crippen molar-refractivity contribution in [3.8, 4) is 5.75 Å². The number of rotatable bonds is 3. The smallest absolute Gasteiger partial charge is 0.265 e. The normalized spacial score (nSPS) is 14.7. The van der Waals surface area contributed by atoms with Crippen molar-refractivity contribution in [1.29, 1.82) is 0 Å². The van der Waals surface area contributed by atoms with Gasteiger partial charge in [-0.1, -0.05) is 13.0 Å². The van der Waals surface area contributed by atoms with Crippen LogP contribution in [0.2, 0.25) is 0 Å². The van der Waals surface area contributed by atoms with Crippen LogP contribution in [0.25, 0.3) is 0 Å².